The Bertz CT molecular complexity index is 432. The third-order valence-corrected chi connectivity index (χ3v) is 2.50. The molecule has 0 spiro atoms. The number of hydrogen-bond acceptors (Lipinski definition) is 4. The molecule has 0 saturated carbocycles. The number of rotatable bonds is 4. The van der Waals surface area contributed by atoms with Crippen molar-refractivity contribution in [2.24, 2.45) is 0 Å². The van der Waals surface area contributed by atoms with Crippen molar-refractivity contribution < 1.29 is 14.3 Å². The second kappa shape index (κ2) is 4.95. The fraction of sp³-hybridized carbons (Fsp3) is 0.417. The minimum Gasteiger partial charge on any atom is -0.491 e. The number of nitrogen functional groups attached to an aromatic ring is 1. The van der Waals surface area contributed by atoms with Crippen LogP contribution in [0.25, 0.3) is 0 Å². The fourth-order valence-corrected chi connectivity index (χ4v) is 1.57. The van der Waals surface area contributed by atoms with E-state index >= 15 is 0 Å². The summed E-state index contributed by atoms with van der Waals surface area (Å²) in [5.41, 5.74) is 6.98. The molecule has 92 valence electrons. The zero-order valence-corrected chi connectivity index (χ0v) is 9.79. The Kier molecular flexibility index (Phi) is 3.37. The summed E-state index contributed by atoms with van der Waals surface area (Å²) in [4.78, 5) is 11.2. The summed E-state index contributed by atoms with van der Waals surface area (Å²) in [7, 11) is 0. The number of anilines is 2. The first-order chi connectivity index (χ1) is 8.20. The van der Waals surface area contributed by atoms with E-state index in [1.807, 2.05) is 0 Å². The molecule has 0 bridgehead atoms. The van der Waals surface area contributed by atoms with Crippen LogP contribution in [0.3, 0.4) is 0 Å². The Morgan fingerprint density at radius 2 is 2.35 bits per heavy atom. The average molecular weight is 236 g/mol. The van der Waals surface area contributed by atoms with E-state index in [-0.39, 0.29) is 12.5 Å². The van der Waals surface area contributed by atoms with E-state index in [2.05, 4.69) is 12.2 Å². The Balaban J connectivity index is 2.17. The van der Waals surface area contributed by atoms with Crippen molar-refractivity contribution in [2.45, 2.75) is 19.8 Å². The maximum atomic E-state index is 11.2. The predicted octanol–water partition coefficient (Wildman–Crippen LogP) is 1.78. The van der Waals surface area contributed by atoms with Crippen LogP contribution in [-0.4, -0.2) is 19.1 Å². The lowest BCUT2D eigenvalue weighted by molar-refractivity contribution is -0.118. The van der Waals surface area contributed by atoms with Gasteiger partial charge in [-0.1, -0.05) is 13.3 Å². The molecule has 1 aliphatic heterocycles. The molecule has 5 heteroatoms. The van der Waals surface area contributed by atoms with Gasteiger partial charge in [-0.25, -0.2) is 0 Å². The van der Waals surface area contributed by atoms with Crippen LogP contribution in [-0.2, 0) is 4.79 Å². The third-order valence-electron chi connectivity index (χ3n) is 2.50. The molecule has 0 saturated heterocycles. The molecular weight excluding hydrogens is 220 g/mol. The van der Waals surface area contributed by atoms with Crippen molar-refractivity contribution in [3.63, 3.8) is 0 Å². The molecule has 1 aromatic rings. The van der Waals surface area contributed by atoms with Crippen LogP contribution in [0.1, 0.15) is 19.8 Å². The molecule has 1 aromatic carbocycles. The molecule has 5 nitrogen and oxygen atoms in total. The highest BCUT2D eigenvalue weighted by Crippen LogP contribution is 2.36. The molecule has 1 heterocycles. The number of benzene rings is 1. The first kappa shape index (κ1) is 11.6. The molecular formula is C12H16N2O3. The number of fused-ring (bicyclic) bond motifs is 1. The van der Waals surface area contributed by atoms with Crippen LogP contribution < -0.4 is 20.5 Å². The summed E-state index contributed by atoms with van der Waals surface area (Å²) >= 11 is 0. The summed E-state index contributed by atoms with van der Waals surface area (Å²) in [5, 5.41) is 2.72. The van der Waals surface area contributed by atoms with Gasteiger partial charge in [0.15, 0.2) is 6.61 Å². The second-order valence-corrected chi connectivity index (χ2v) is 3.93. The van der Waals surface area contributed by atoms with Crippen LogP contribution >= 0.6 is 0 Å². The maximum Gasteiger partial charge on any atom is 0.262 e. The summed E-state index contributed by atoms with van der Waals surface area (Å²) < 4.78 is 10.8. The number of carbonyl (C=O) groups is 1. The van der Waals surface area contributed by atoms with Gasteiger partial charge in [-0.3, -0.25) is 4.79 Å². The van der Waals surface area contributed by atoms with E-state index < -0.39 is 0 Å². The molecule has 2 rings (SSSR count). The smallest absolute Gasteiger partial charge is 0.262 e. The summed E-state index contributed by atoms with van der Waals surface area (Å²) in [6.07, 6.45) is 2.03. The zero-order chi connectivity index (χ0) is 12.3. The van der Waals surface area contributed by atoms with Gasteiger partial charge >= 0.3 is 0 Å². The summed E-state index contributed by atoms with van der Waals surface area (Å²) in [5.74, 6) is 1.01. The van der Waals surface area contributed by atoms with Gasteiger partial charge in [0.25, 0.3) is 5.91 Å². The quantitative estimate of drug-likeness (QED) is 0.617. The number of nitrogens with two attached hydrogens (primary N) is 1. The Morgan fingerprint density at radius 3 is 3.12 bits per heavy atom. The number of hydrogen-bond donors (Lipinski definition) is 2. The number of unbranched alkanes of at least 4 members (excludes halogenated alkanes) is 1. The van der Waals surface area contributed by atoms with E-state index in [0.29, 0.717) is 29.5 Å². The van der Waals surface area contributed by atoms with Gasteiger partial charge in [0.2, 0.25) is 0 Å². The van der Waals surface area contributed by atoms with Gasteiger partial charge in [-0.15, -0.1) is 0 Å². The molecule has 0 unspecified atom stereocenters. The zero-order valence-electron chi connectivity index (χ0n) is 9.79. The van der Waals surface area contributed by atoms with E-state index in [9.17, 15) is 4.79 Å². The SMILES string of the molecule is CCCCOc1cc2c(cc1N)OCC(=O)N2. The van der Waals surface area contributed by atoms with E-state index in [1.165, 1.54) is 0 Å². The highest BCUT2D eigenvalue weighted by Gasteiger charge is 2.18. The molecule has 0 fully saturated rings. The van der Waals surface area contributed by atoms with Crippen molar-refractivity contribution in [3.05, 3.63) is 12.1 Å². The van der Waals surface area contributed by atoms with Crippen molar-refractivity contribution in [2.75, 3.05) is 24.3 Å². The molecule has 1 aliphatic rings. The fourth-order valence-electron chi connectivity index (χ4n) is 1.57. The Hall–Kier alpha value is -1.91. The molecule has 0 radical (unpaired) electrons. The Morgan fingerprint density at radius 1 is 1.53 bits per heavy atom. The summed E-state index contributed by atoms with van der Waals surface area (Å²) in [6.45, 7) is 2.74. The van der Waals surface area contributed by atoms with Crippen LogP contribution in [0.4, 0.5) is 11.4 Å². The van der Waals surface area contributed by atoms with E-state index in [1.54, 1.807) is 12.1 Å². The topological polar surface area (TPSA) is 73.6 Å². The van der Waals surface area contributed by atoms with Crippen LogP contribution in [0.2, 0.25) is 0 Å². The van der Waals surface area contributed by atoms with Crippen LogP contribution in [0.5, 0.6) is 11.5 Å². The third kappa shape index (κ3) is 2.61. The first-order valence-corrected chi connectivity index (χ1v) is 5.69. The highest BCUT2D eigenvalue weighted by atomic mass is 16.5. The minimum absolute atomic E-state index is 0.0302. The normalized spacial score (nSPS) is 13.6. The van der Waals surface area contributed by atoms with Gasteiger partial charge in [-0.2, -0.15) is 0 Å². The van der Waals surface area contributed by atoms with Crippen LogP contribution in [0, 0.1) is 0 Å². The van der Waals surface area contributed by atoms with Crippen LogP contribution in [0.15, 0.2) is 12.1 Å². The Labute approximate surface area is 99.9 Å². The monoisotopic (exact) mass is 236 g/mol. The highest BCUT2D eigenvalue weighted by molar-refractivity contribution is 5.96. The standard InChI is InChI=1S/C12H16N2O3/c1-2-3-4-16-10-6-9-11(5-8(10)13)17-7-12(15)14-9/h5-6H,2-4,7,13H2,1H3,(H,14,15). The summed E-state index contributed by atoms with van der Waals surface area (Å²) in [6, 6.07) is 3.38. The molecule has 0 atom stereocenters. The van der Waals surface area contributed by atoms with Crippen molar-refractivity contribution >= 4 is 17.3 Å². The van der Waals surface area contributed by atoms with Crippen molar-refractivity contribution in [3.8, 4) is 11.5 Å². The first-order valence-electron chi connectivity index (χ1n) is 5.69. The van der Waals surface area contributed by atoms with Gasteiger partial charge in [0.1, 0.15) is 11.5 Å². The van der Waals surface area contributed by atoms with Crippen molar-refractivity contribution in [1.82, 2.24) is 0 Å². The molecule has 0 aliphatic carbocycles. The molecule has 1 amide bonds. The van der Waals surface area contributed by atoms with E-state index in [4.69, 9.17) is 15.2 Å². The van der Waals surface area contributed by atoms with Gasteiger partial charge < -0.3 is 20.5 Å². The number of nitrogens with one attached hydrogen (secondary N) is 1. The number of ether oxygens (including phenoxy) is 2. The average Bonchev–Trinajstić information content (AvgIpc) is 2.31. The van der Waals surface area contributed by atoms with Gasteiger partial charge in [-0.05, 0) is 6.42 Å². The lowest BCUT2D eigenvalue weighted by Gasteiger charge is -2.19. The van der Waals surface area contributed by atoms with E-state index in [0.717, 1.165) is 12.8 Å². The minimum atomic E-state index is -0.165. The predicted molar refractivity (Wildman–Crippen MR) is 65.4 cm³/mol. The molecule has 17 heavy (non-hydrogen) atoms. The largest absolute Gasteiger partial charge is 0.491 e. The number of carbonyl (C=O) groups excluding carboxylic acids is 1. The molecule has 0 aromatic heterocycles. The van der Waals surface area contributed by atoms with Gasteiger partial charge in [0, 0.05) is 12.1 Å². The second-order valence-electron chi connectivity index (χ2n) is 3.93. The molecule has 3 N–H and O–H groups in total. The lowest BCUT2D eigenvalue weighted by Crippen LogP contribution is -2.25. The lowest BCUT2D eigenvalue weighted by atomic mass is 10.2. The number of amides is 1. The van der Waals surface area contributed by atoms with Crippen molar-refractivity contribution in [1.29, 1.82) is 0 Å². The maximum absolute atomic E-state index is 11.2. The van der Waals surface area contributed by atoms with Gasteiger partial charge in [0.05, 0.1) is 18.0 Å².